The Morgan fingerprint density at radius 3 is 2.70 bits per heavy atom. The Bertz CT molecular complexity index is 679. The highest BCUT2D eigenvalue weighted by molar-refractivity contribution is 7.89. The number of hydrogen-bond acceptors (Lipinski definition) is 4. The van der Waals surface area contributed by atoms with Crippen LogP contribution >= 0.6 is 0 Å². The predicted octanol–water partition coefficient (Wildman–Crippen LogP) is 1.21. The largest absolute Gasteiger partial charge is 0.387 e. The minimum absolute atomic E-state index is 0.249. The van der Waals surface area contributed by atoms with E-state index in [4.69, 9.17) is 0 Å². The van der Waals surface area contributed by atoms with Crippen LogP contribution in [0.5, 0.6) is 0 Å². The number of benzene rings is 1. The van der Waals surface area contributed by atoms with E-state index in [1.165, 1.54) is 0 Å². The second-order valence-electron chi connectivity index (χ2n) is 4.42. The van der Waals surface area contributed by atoms with Crippen LogP contribution in [0.25, 0.3) is 0 Å². The van der Waals surface area contributed by atoms with Crippen LogP contribution < -0.4 is 10.0 Å². The SMILES string of the molecule is CNc1ccccc1S(=O)(=O)NCCn1cc(C)cn1. The topological polar surface area (TPSA) is 76.0 Å². The van der Waals surface area contributed by atoms with Crippen LogP contribution in [0, 0.1) is 6.92 Å². The summed E-state index contributed by atoms with van der Waals surface area (Å²) in [5, 5.41) is 6.99. The Morgan fingerprint density at radius 1 is 1.30 bits per heavy atom. The lowest BCUT2D eigenvalue weighted by atomic mass is 10.3. The molecule has 0 amide bonds. The second-order valence-corrected chi connectivity index (χ2v) is 6.16. The van der Waals surface area contributed by atoms with Crippen LogP contribution in [0.15, 0.2) is 41.6 Å². The molecule has 6 nitrogen and oxygen atoms in total. The fraction of sp³-hybridized carbons (Fsp3) is 0.308. The molecule has 0 aliphatic carbocycles. The van der Waals surface area contributed by atoms with E-state index >= 15 is 0 Å². The average Bonchev–Trinajstić information content (AvgIpc) is 2.84. The number of aromatic nitrogens is 2. The Labute approximate surface area is 118 Å². The lowest BCUT2D eigenvalue weighted by Crippen LogP contribution is -2.28. The van der Waals surface area contributed by atoms with Gasteiger partial charge in [0.2, 0.25) is 10.0 Å². The number of rotatable bonds is 6. The number of hydrogen-bond donors (Lipinski definition) is 2. The molecule has 0 fully saturated rings. The molecule has 1 aromatic heterocycles. The summed E-state index contributed by atoms with van der Waals surface area (Å²) < 4.78 is 28.7. The molecule has 108 valence electrons. The molecule has 1 heterocycles. The maximum Gasteiger partial charge on any atom is 0.242 e. The Morgan fingerprint density at radius 2 is 2.05 bits per heavy atom. The van der Waals surface area contributed by atoms with Crippen molar-refractivity contribution in [3.05, 3.63) is 42.2 Å². The molecule has 0 bridgehead atoms. The van der Waals surface area contributed by atoms with E-state index in [0.29, 0.717) is 18.8 Å². The Balaban J connectivity index is 2.04. The quantitative estimate of drug-likeness (QED) is 0.839. The number of nitrogens with zero attached hydrogens (tertiary/aromatic N) is 2. The maximum absolute atomic E-state index is 12.2. The molecule has 0 atom stereocenters. The number of para-hydroxylation sites is 1. The molecule has 1 aromatic carbocycles. The number of aryl methyl sites for hydroxylation is 1. The van der Waals surface area contributed by atoms with Gasteiger partial charge in [0, 0.05) is 19.8 Å². The van der Waals surface area contributed by atoms with Gasteiger partial charge in [-0.05, 0) is 24.6 Å². The molecule has 0 spiro atoms. The zero-order valence-electron chi connectivity index (χ0n) is 11.5. The molecule has 0 radical (unpaired) electrons. The summed E-state index contributed by atoms with van der Waals surface area (Å²) in [4.78, 5) is 0.249. The van der Waals surface area contributed by atoms with Gasteiger partial charge in [-0.25, -0.2) is 13.1 Å². The summed E-state index contributed by atoms with van der Waals surface area (Å²) in [5.74, 6) is 0. The van der Waals surface area contributed by atoms with Crippen molar-refractivity contribution >= 4 is 15.7 Å². The van der Waals surface area contributed by atoms with Gasteiger partial charge in [0.05, 0.1) is 18.4 Å². The third kappa shape index (κ3) is 3.37. The first-order valence-corrected chi connectivity index (χ1v) is 7.77. The van der Waals surface area contributed by atoms with Crippen LogP contribution in [-0.4, -0.2) is 31.8 Å². The molecule has 0 saturated heterocycles. The number of anilines is 1. The van der Waals surface area contributed by atoms with Crippen molar-refractivity contribution in [2.45, 2.75) is 18.4 Å². The summed E-state index contributed by atoms with van der Waals surface area (Å²) in [5.41, 5.74) is 1.63. The number of sulfonamides is 1. The van der Waals surface area contributed by atoms with Crippen LogP contribution in [0.2, 0.25) is 0 Å². The first kappa shape index (κ1) is 14.5. The van der Waals surface area contributed by atoms with Crippen LogP contribution in [-0.2, 0) is 16.6 Å². The van der Waals surface area contributed by atoms with Gasteiger partial charge in [0.1, 0.15) is 4.90 Å². The van der Waals surface area contributed by atoms with Gasteiger partial charge in [-0.1, -0.05) is 12.1 Å². The monoisotopic (exact) mass is 294 g/mol. The molecule has 0 aliphatic heterocycles. The second kappa shape index (κ2) is 6.06. The first-order valence-electron chi connectivity index (χ1n) is 6.28. The van der Waals surface area contributed by atoms with Gasteiger partial charge >= 0.3 is 0 Å². The van der Waals surface area contributed by atoms with Gasteiger partial charge in [0.15, 0.2) is 0 Å². The molecule has 0 saturated carbocycles. The highest BCUT2D eigenvalue weighted by atomic mass is 32.2. The summed E-state index contributed by atoms with van der Waals surface area (Å²) in [6.07, 6.45) is 3.61. The van der Waals surface area contributed by atoms with Crippen LogP contribution in [0.3, 0.4) is 0 Å². The van der Waals surface area contributed by atoms with Gasteiger partial charge in [-0.15, -0.1) is 0 Å². The molecule has 0 unspecified atom stereocenters. The molecular formula is C13H18N4O2S. The lowest BCUT2D eigenvalue weighted by Gasteiger charge is -2.11. The summed E-state index contributed by atoms with van der Waals surface area (Å²) in [7, 11) is -1.82. The van der Waals surface area contributed by atoms with E-state index in [9.17, 15) is 8.42 Å². The molecule has 7 heteroatoms. The molecule has 2 N–H and O–H groups in total. The summed E-state index contributed by atoms with van der Waals surface area (Å²) >= 11 is 0. The lowest BCUT2D eigenvalue weighted by molar-refractivity contribution is 0.561. The highest BCUT2D eigenvalue weighted by Gasteiger charge is 2.16. The third-order valence-electron chi connectivity index (χ3n) is 2.84. The standard InChI is InChI=1S/C13H18N4O2S/c1-11-9-15-17(10-11)8-7-16-20(18,19)13-6-4-3-5-12(13)14-2/h3-6,9-10,14,16H,7-8H2,1-2H3. The molecule has 20 heavy (non-hydrogen) atoms. The molecule has 2 aromatic rings. The van der Waals surface area contributed by atoms with E-state index in [2.05, 4.69) is 15.1 Å². The van der Waals surface area contributed by atoms with Crippen molar-refractivity contribution in [1.82, 2.24) is 14.5 Å². The van der Waals surface area contributed by atoms with E-state index in [-0.39, 0.29) is 4.90 Å². The smallest absolute Gasteiger partial charge is 0.242 e. The van der Waals surface area contributed by atoms with Crippen LogP contribution in [0.4, 0.5) is 5.69 Å². The summed E-state index contributed by atoms with van der Waals surface area (Å²) in [6, 6.07) is 6.79. The Kier molecular flexibility index (Phi) is 4.41. The fourth-order valence-electron chi connectivity index (χ4n) is 1.87. The molecule has 2 rings (SSSR count). The van der Waals surface area contributed by atoms with E-state index < -0.39 is 10.0 Å². The van der Waals surface area contributed by atoms with Gasteiger partial charge in [-0.3, -0.25) is 4.68 Å². The summed E-state index contributed by atoms with van der Waals surface area (Å²) in [6.45, 7) is 2.73. The zero-order valence-corrected chi connectivity index (χ0v) is 12.3. The average molecular weight is 294 g/mol. The van der Waals surface area contributed by atoms with Gasteiger partial charge in [-0.2, -0.15) is 5.10 Å². The van der Waals surface area contributed by atoms with Crippen LogP contribution in [0.1, 0.15) is 5.56 Å². The van der Waals surface area contributed by atoms with E-state index in [0.717, 1.165) is 5.56 Å². The van der Waals surface area contributed by atoms with Crippen molar-refractivity contribution < 1.29 is 8.42 Å². The third-order valence-corrected chi connectivity index (χ3v) is 4.36. The fourth-order valence-corrected chi connectivity index (χ4v) is 3.10. The van der Waals surface area contributed by atoms with Gasteiger partial charge in [0.25, 0.3) is 0 Å². The first-order chi connectivity index (χ1) is 9.53. The highest BCUT2D eigenvalue weighted by Crippen LogP contribution is 2.19. The molecular weight excluding hydrogens is 276 g/mol. The number of nitrogens with one attached hydrogen (secondary N) is 2. The van der Waals surface area contributed by atoms with E-state index in [1.54, 1.807) is 42.2 Å². The van der Waals surface area contributed by atoms with Crippen molar-refractivity contribution in [3.63, 3.8) is 0 Å². The Hall–Kier alpha value is -1.86. The van der Waals surface area contributed by atoms with Crippen molar-refractivity contribution in [3.8, 4) is 0 Å². The van der Waals surface area contributed by atoms with Crippen molar-refractivity contribution in [2.24, 2.45) is 0 Å². The zero-order chi connectivity index (χ0) is 14.6. The minimum atomic E-state index is -3.52. The minimum Gasteiger partial charge on any atom is -0.387 e. The van der Waals surface area contributed by atoms with E-state index in [1.807, 2.05) is 13.1 Å². The maximum atomic E-state index is 12.2. The van der Waals surface area contributed by atoms with Crippen molar-refractivity contribution in [1.29, 1.82) is 0 Å². The van der Waals surface area contributed by atoms with Gasteiger partial charge < -0.3 is 5.32 Å². The molecule has 0 aliphatic rings. The predicted molar refractivity (Wildman–Crippen MR) is 78.1 cm³/mol. The normalized spacial score (nSPS) is 11.5. The van der Waals surface area contributed by atoms with Crippen molar-refractivity contribution in [2.75, 3.05) is 18.9 Å².